The summed E-state index contributed by atoms with van der Waals surface area (Å²) in [6.07, 6.45) is 3.32. The third-order valence-corrected chi connectivity index (χ3v) is 6.79. The number of aromatic hydroxyl groups is 1. The molecule has 2 aromatic carbocycles. The molecule has 1 spiro atoms. The van der Waals surface area contributed by atoms with Gasteiger partial charge < -0.3 is 19.9 Å². The Kier molecular flexibility index (Phi) is 5.69. The van der Waals surface area contributed by atoms with Crippen molar-refractivity contribution in [2.75, 3.05) is 12.9 Å². The molecule has 0 amide bonds. The molecule has 0 aliphatic carbocycles. The van der Waals surface area contributed by atoms with Crippen molar-refractivity contribution >= 4 is 16.9 Å². The molecule has 6 heteroatoms. The molecule has 4 rings (SSSR count). The fourth-order valence-corrected chi connectivity index (χ4v) is 5.42. The van der Waals surface area contributed by atoms with Gasteiger partial charge in [-0.2, -0.15) is 0 Å². The van der Waals surface area contributed by atoms with Gasteiger partial charge in [0.15, 0.2) is 5.17 Å². The van der Waals surface area contributed by atoms with Gasteiger partial charge in [-0.15, -0.1) is 6.58 Å². The minimum atomic E-state index is -0.714. The molecule has 31 heavy (non-hydrogen) atoms. The molecule has 2 aliphatic rings. The van der Waals surface area contributed by atoms with Crippen molar-refractivity contribution in [2.45, 2.75) is 50.8 Å². The molecule has 0 aromatic heterocycles. The number of ether oxygens (including phenoxy) is 2. The van der Waals surface area contributed by atoms with Crippen LogP contribution in [0, 0.1) is 6.92 Å². The van der Waals surface area contributed by atoms with E-state index in [1.165, 1.54) is 5.56 Å². The van der Waals surface area contributed by atoms with E-state index in [9.17, 15) is 5.11 Å². The van der Waals surface area contributed by atoms with E-state index in [0.29, 0.717) is 0 Å². The number of hydrogen-bond donors (Lipinski definition) is 2. The quantitative estimate of drug-likeness (QED) is 0.629. The van der Waals surface area contributed by atoms with E-state index in [1.807, 2.05) is 31.2 Å². The maximum absolute atomic E-state index is 10.4. The summed E-state index contributed by atoms with van der Waals surface area (Å²) in [6, 6.07) is 11.9. The van der Waals surface area contributed by atoms with Gasteiger partial charge >= 0.3 is 0 Å². The third kappa shape index (κ3) is 4.26. The number of amidine groups is 1. The summed E-state index contributed by atoms with van der Waals surface area (Å²) >= 11 is 1.63. The molecule has 0 saturated carbocycles. The van der Waals surface area contributed by atoms with Gasteiger partial charge in [-0.1, -0.05) is 36.0 Å². The average molecular weight is 439 g/mol. The second-order valence-corrected chi connectivity index (χ2v) is 9.92. The van der Waals surface area contributed by atoms with Gasteiger partial charge in [0, 0.05) is 41.2 Å². The highest BCUT2D eigenvalue weighted by atomic mass is 32.2. The van der Waals surface area contributed by atoms with Gasteiger partial charge in [0.1, 0.15) is 17.2 Å². The summed E-state index contributed by atoms with van der Waals surface area (Å²) < 4.78 is 12.0. The number of nitrogens with zero attached hydrogens (tertiary/aromatic N) is 1. The molecule has 164 valence electrons. The summed E-state index contributed by atoms with van der Waals surface area (Å²) in [5.74, 6) is 2.68. The highest BCUT2D eigenvalue weighted by Gasteiger charge is 2.48. The number of thioether (sulfide) groups is 1. The first-order valence-electron chi connectivity index (χ1n) is 10.5. The van der Waals surface area contributed by atoms with Crippen LogP contribution in [0.2, 0.25) is 0 Å². The average Bonchev–Trinajstić information content (AvgIpc) is 2.73. The number of aliphatic imine (C=N–C) groups is 1. The Balaban J connectivity index is 1.83. The van der Waals surface area contributed by atoms with Crippen LogP contribution in [0.25, 0.3) is 0 Å². The van der Waals surface area contributed by atoms with Crippen molar-refractivity contribution in [2.24, 2.45) is 4.99 Å². The monoisotopic (exact) mass is 438 g/mol. The molecule has 0 unspecified atom stereocenters. The van der Waals surface area contributed by atoms with Crippen molar-refractivity contribution < 1.29 is 14.6 Å². The molecule has 0 fully saturated rings. The van der Waals surface area contributed by atoms with Crippen LogP contribution in [0.1, 0.15) is 49.3 Å². The maximum Gasteiger partial charge on any atom is 0.206 e. The van der Waals surface area contributed by atoms with Crippen molar-refractivity contribution in [3.8, 4) is 17.2 Å². The molecular weight excluding hydrogens is 408 g/mol. The van der Waals surface area contributed by atoms with Crippen molar-refractivity contribution in [1.82, 2.24) is 5.32 Å². The van der Waals surface area contributed by atoms with Gasteiger partial charge in [0.25, 0.3) is 0 Å². The predicted octanol–water partition coefficient (Wildman–Crippen LogP) is 5.37. The Bertz CT molecular complexity index is 1020. The minimum Gasteiger partial charge on any atom is -0.508 e. The molecule has 2 aromatic rings. The van der Waals surface area contributed by atoms with E-state index < -0.39 is 5.72 Å². The molecule has 0 saturated heterocycles. The summed E-state index contributed by atoms with van der Waals surface area (Å²) in [7, 11) is 1.67. The summed E-state index contributed by atoms with van der Waals surface area (Å²) in [6.45, 7) is 10.1. The van der Waals surface area contributed by atoms with Crippen LogP contribution < -0.4 is 14.8 Å². The first-order valence-corrected chi connectivity index (χ1v) is 11.5. The lowest BCUT2D eigenvalue weighted by molar-refractivity contribution is 0.0126. The van der Waals surface area contributed by atoms with E-state index in [2.05, 4.69) is 37.9 Å². The van der Waals surface area contributed by atoms with Crippen LogP contribution in [0.4, 0.5) is 0 Å². The van der Waals surface area contributed by atoms with E-state index in [-0.39, 0.29) is 17.2 Å². The van der Waals surface area contributed by atoms with E-state index in [0.717, 1.165) is 46.4 Å². The Labute approximate surface area is 188 Å². The van der Waals surface area contributed by atoms with Crippen LogP contribution in [0.5, 0.6) is 17.2 Å². The largest absolute Gasteiger partial charge is 0.508 e. The predicted molar refractivity (Wildman–Crippen MR) is 128 cm³/mol. The van der Waals surface area contributed by atoms with Crippen molar-refractivity contribution in [3.05, 3.63) is 65.7 Å². The number of phenolic OH excluding ortho intramolecular Hbond substituents is 1. The minimum absolute atomic E-state index is 0.0947. The number of fused-ring (bicyclic) bond motifs is 1. The standard InChI is InChI=1S/C25H30N2O3S/c1-6-13-31-23-26-24(3,4)15-25(27-23)14-20(17-7-9-18(29-5)10-8-17)19-11-12-21(28)16(2)22(19)30-25/h6-12,20,28H,1,13-15H2,2-5H3,(H,26,27)/t20-,25+/m1/s1. The molecular formula is C25H30N2O3S. The highest BCUT2D eigenvalue weighted by molar-refractivity contribution is 8.13. The molecule has 0 bridgehead atoms. The van der Waals surface area contributed by atoms with Gasteiger partial charge in [0.2, 0.25) is 5.72 Å². The SMILES string of the molecule is C=CCSC1=N[C@]2(C[C@H](c3ccc(OC)cc3)c3ccc(O)c(C)c3O2)CC(C)(C)N1. The van der Waals surface area contributed by atoms with Crippen LogP contribution in [0.3, 0.4) is 0 Å². The number of benzene rings is 2. The van der Waals surface area contributed by atoms with Gasteiger partial charge in [0.05, 0.1) is 7.11 Å². The lowest BCUT2D eigenvalue weighted by atomic mass is 9.77. The lowest BCUT2D eigenvalue weighted by Gasteiger charge is -2.47. The zero-order valence-electron chi connectivity index (χ0n) is 18.6. The summed E-state index contributed by atoms with van der Waals surface area (Å²) in [5, 5.41) is 14.8. The molecule has 2 atom stereocenters. The van der Waals surface area contributed by atoms with Crippen LogP contribution in [-0.2, 0) is 0 Å². The normalized spacial score (nSPS) is 23.9. The Morgan fingerprint density at radius 1 is 1.29 bits per heavy atom. The van der Waals surface area contributed by atoms with Crippen LogP contribution in [0.15, 0.2) is 54.0 Å². The molecule has 2 aliphatic heterocycles. The smallest absolute Gasteiger partial charge is 0.206 e. The fourth-order valence-electron chi connectivity index (χ4n) is 4.57. The number of phenols is 1. The van der Waals surface area contributed by atoms with E-state index in [1.54, 1.807) is 24.9 Å². The number of hydrogen-bond acceptors (Lipinski definition) is 6. The van der Waals surface area contributed by atoms with Crippen LogP contribution in [-0.4, -0.2) is 34.4 Å². The van der Waals surface area contributed by atoms with Crippen molar-refractivity contribution in [3.63, 3.8) is 0 Å². The second-order valence-electron chi connectivity index (χ2n) is 8.91. The Hall–Kier alpha value is -2.60. The zero-order valence-corrected chi connectivity index (χ0v) is 19.4. The van der Waals surface area contributed by atoms with Crippen LogP contribution >= 0.6 is 11.8 Å². The van der Waals surface area contributed by atoms with Gasteiger partial charge in [-0.3, -0.25) is 0 Å². The Morgan fingerprint density at radius 3 is 2.71 bits per heavy atom. The van der Waals surface area contributed by atoms with Crippen molar-refractivity contribution in [1.29, 1.82) is 0 Å². The van der Waals surface area contributed by atoms with Gasteiger partial charge in [-0.25, -0.2) is 4.99 Å². The topological polar surface area (TPSA) is 63.1 Å². The first-order chi connectivity index (χ1) is 14.8. The lowest BCUT2D eigenvalue weighted by Crippen LogP contribution is -2.57. The van der Waals surface area contributed by atoms with Gasteiger partial charge in [-0.05, 0) is 44.5 Å². The summed E-state index contributed by atoms with van der Waals surface area (Å²) in [4.78, 5) is 5.08. The van der Waals surface area contributed by atoms with E-state index >= 15 is 0 Å². The molecule has 5 nitrogen and oxygen atoms in total. The number of methoxy groups -OCH3 is 1. The van der Waals surface area contributed by atoms with E-state index in [4.69, 9.17) is 14.5 Å². The Morgan fingerprint density at radius 2 is 2.03 bits per heavy atom. The number of rotatable bonds is 4. The molecule has 0 radical (unpaired) electrons. The maximum atomic E-state index is 10.4. The third-order valence-electron chi connectivity index (χ3n) is 5.92. The highest BCUT2D eigenvalue weighted by Crippen LogP contribution is 2.51. The molecule has 2 N–H and O–H groups in total. The first kappa shape index (κ1) is 21.6. The zero-order chi connectivity index (χ0) is 22.2. The fraction of sp³-hybridized carbons (Fsp3) is 0.400. The summed E-state index contributed by atoms with van der Waals surface area (Å²) in [5.41, 5.74) is 2.12. The number of nitrogens with one attached hydrogen (secondary N) is 1. The molecule has 2 heterocycles. The second kappa shape index (κ2) is 8.15.